The Bertz CT molecular complexity index is 318. The van der Waals surface area contributed by atoms with E-state index in [2.05, 4.69) is 25.2 Å². The van der Waals surface area contributed by atoms with Crippen molar-refractivity contribution in [3.63, 3.8) is 0 Å². The van der Waals surface area contributed by atoms with E-state index in [0.717, 1.165) is 38.5 Å². The first-order chi connectivity index (χ1) is 11.2. The summed E-state index contributed by atoms with van der Waals surface area (Å²) < 4.78 is 0. The lowest BCUT2D eigenvalue weighted by Gasteiger charge is -2.03. The quantitative estimate of drug-likeness (QED) is 0.274. The average Bonchev–Trinajstić information content (AvgIpc) is 2.52. The molecule has 0 saturated carbocycles. The van der Waals surface area contributed by atoms with Gasteiger partial charge in [-0.25, -0.2) is 0 Å². The van der Waals surface area contributed by atoms with Crippen molar-refractivity contribution in [3.05, 3.63) is 24.3 Å². The van der Waals surface area contributed by atoms with E-state index >= 15 is 0 Å². The van der Waals surface area contributed by atoms with Crippen LogP contribution in [0.1, 0.15) is 97.3 Å². The Hall–Kier alpha value is -0.890. The van der Waals surface area contributed by atoms with Crippen molar-refractivity contribution in [3.8, 4) is 0 Å². The van der Waals surface area contributed by atoms with Gasteiger partial charge in [-0.3, -0.25) is 0 Å². The van der Waals surface area contributed by atoms with Crippen LogP contribution in [0.25, 0.3) is 0 Å². The van der Waals surface area contributed by atoms with Crippen molar-refractivity contribution in [2.45, 2.75) is 103 Å². The Morgan fingerprint density at radius 1 is 0.870 bits per heavy atom. The van der Waals surface area contributed by atoms with Crippen LogP contribution >= 0.6 is 0 Å². The summed E-state index contributed by atoms with van der Waals surface area (Å²) in [7, 11) is 0. The maximum atomic E-state index is 10.8. The van der Waals surface area contributed by atoms with E-state index in [-0.39, 0.29) is 6.10 Å². The first-order valence-corrected chi connectivity index (χ1v) is 9.66. The third-order valence-electron chi connectivity index (χ3n) is 4.02. The molecule has 0 aliphatic rings. The molecule has 1 atom stereocenters. The normalized spacial score (nSPS) is 13.2. The van der Waals surface area contributed by atoms with E-state index in [9.17, 15) is 9.90 Å². The van der Waals surface area contributed by atoms with E-state index < -0.39 is 0 Å². The Kier molecular flexibility index (Phi) is 16.8. The van der Waals surface area contributed by atoms with E-state index in [1.54, 1.807) is 6.92 Å². The van der Waals surface area contributed by atoms with Crippen LogP contribution in [-0.2, 0) is 4.79 Å². The monoisotopic (exact) mass is 322 g/mol. The Balaban J connectivity index is 3.25. The van der Waals surface area contributed by atoms with Gasteiger partial charge in [0.05, 0.1) is 6.10 Å². The van der Waals surface area contributed by atoms with Gasteiger partial charge in [-0.2, -0.15) is 0 Å². The summed E-state index contributed by atoms with van der Waals surface area (Å²) in [6.07, 6.45) is 22.9. The number of allylic oxidation sites excluding steroid dienone is 3. The second-order valence-corrected chi connectivity index (χ2v) is 6.55. The minimum atomic E-state index is -0.239. The maximum Gasteiger partial charge on any atom is 0.129 e. The summed E-state index contributed by atoms with van der Waals surface area (Å²) in [6.45, 7) is 3.81. The zero-order valence-corrected chi connectivity index (χ0v) is 15.4. The number of hydrogen-bond acceptors (Lipinski definition) is 2. The molecule has 0 saturated heterocycles. The second-order valence-electron chi connectivity index (χ2n) is 6.55. The number of carbonyl (C=O) groups excluding carboxylic acids is 1. The molecule has 134 valence electrons. The van der Waals surface area contributed by atoms with Crippen LogP contribution in [0, 0.1) is 0 Å². The smallest absolute Gasteiger partial charge is 0.129 e. The molecular weight excluding hydrogens is 284 g/mol. The van der Waals surface area contributed by atoms with E-state index in [1.165, 1.54) is 38.5 Å². The van der Waals surface area contributed by atoms with Gasteiger partial charge in [0, 0.05) is 6.42 Å². The molecule has 0 bridgehead atoms. The van der Waals surface area contributed by atoms with Crippen LogP contribution in [0.4, 0.5) is 0 Å². The standard InChI is InChI=1S/C21H38O2/c1-3-4-18-21(23)19-16-14-12-10-8-6-5-7-9-11-13-15-17-20(2)22/h9,11,16,19,21,23H,3-8,10,12-15,17-18H2,1-2H3/t21-/m1/s1. The number of rotatable bonds is 16. The lowest BCUT2D eigenvalue weighted by Crippen LogP contribution is -2.00. The summed E-state index contributed by atoms with van der Waals surface area (Å²) in [4.78, 5) is 10.8. The molecule has 0 aromatic rings. The number of aliphatic hydroxyl groups excluding tert-OH is 1. The number of carbonyl (C=O) groups is 1. The predicted molar refractivity (Wildman–Crippen MR) is 101 cm³/mol. The highest BCUT2D eigenvalue weighted by Crippen LogP contribution is 2.09. The molecule has 2 nitrogen and oxygen atoms in total. The SMILES string of the molecule is CCCC[C@@H](O)C=CCCCCCCCC=CCCCC(C)=O. The van der Waals surface area contributed by atoms with Gasteiger partial charge in [-0.05, 0) is 51.9 Å². The van der Waals surface area contributed by atoms with E-state index in [0.29, 0.717) is 12.2 Å². The van der Waals surface area contributed by atoms with Gasteiger partial charge < -0.3 is 9.90 Å². The van der Waals surface area contributed by atoms with Crippen LogP contribution < -0.4 is 0 Å². The van der Waals surface area contributed by atoms with Crippen molar-refractivity contribution in [1.82, 2.24) is 0 Å². The number of unbranched alkanes of at least 4 members (excludes halogenated alkanes) is 8. The molecule has 0 spiro atoms. The van der Waals surface area contributed by atoms with Crippen LogP contribution in [0.2, 0.25) is 0 Å². The molecule has 1 N–H and O–H groups in total. The first kappa shape index (κ1) is 22.1. The third-order valence-corrected chi connectivity index (χ3v) is 4.02. The molecule has 23 heavy (non-hydrogen) atoms. The number of aliphatic hydroxyl groups is 1. The summed E-state index contributed by atoms with van der Waals surface area (Å²) in [5.41, 5.74) is 0. The van der Waals surface area contributed by atoms with Gasteiger partial charge in [0.25, 0.3) is 0 Å². The lowest BCUT2D eigenvalue weighted by molar-refractivity contribution is -0.117. The Morgan fingerprint density at radius 2 is 1.43 bits per heavy atom. The van der Waals surface area contributed by atoms with Crippen LogP contribution in [0.3, 0.4) is 0 Å². The van der Waals surface area contributed by atoms with Gasteiger partial charge in [0.15, 0.2) is 0 Å². The molecule has 0 fully saturated rings. The van der Waals surface area contributed by atoms with Crippen molar-refractivity contribution in [2.75, 3.05) is 0 Å². The first-order valence-electron chi connectivity index (χ1n) is 9.66. The van der Waals surface area contributed by atoms with Crippen molar-refractivity contribution in [1.29, 1.82) is 0 Å². The van der Waals surface area contributed by atoms with Crippen LogP contribution in [0.5, 0.6) is 0 Å². The Labute approximate surface area is 144 Å². The third kappa shape index (κ3) is 19.1. The molecule has 0 rings (SSSR count). The summed E-state index contributed by atoms with van der Waals surface area (Å²) in [5, 5.41) is 9.67. The summed E-state index contributed by atoms with van der Waals surface area (Å²) in [5.74, 6) is 0.295. The van der Waals surface area contributed by atoms with Gasteiger partial charge >= 0.3 is 0 Å². The van der Waals surface area contributed by atoms with Gasteiger partial charge in [-0.15, -0.1) is 0 Å². The molecular formula is C21H38O2. The Morgan fingerprint density at radius 3 is 2.04 bits per heavy atom. The molecule has 0 unspecified atom stereocenters. The van der Waals surface area contributed by atoms with Crippen molar-refractivity contribution in [2.24, 2.45) is 0 Å². The molecule has 2 heteroatoms. The highest BCUT2D eigenvalue weighted by atomic mass is 16.3. The molecule has 0 aliphatic carbocycles. The van der Waals surface area contributed by atoms with Crippen LogP contribution in [-0.4, -0.2) is 17.0 Å². The van der Waals surface area contributed by atoms with Gasteiger partial charge in [0.2, 0.25) is 0 Å². The van der Waals surface area contributed by atoms with Crippen molar-refractivity contribution >= 4 is 5.78 Å². The topological polar surface area (TPSA) is 37.3 Å². The highest BCUT2D eigenvalue weighted by molar-refractivity contribution is 5.75. The second kappa shape index (κ2) is 17.5. The highest BCUT2D eigenvalue weighted by Gasteiger charge is 1.96. The summed E-state index contributed by atoms with van der Waals surface area (Å²) in [6, 6.07) is 0. The van der Waals surface area contributed by atoms with Gasteiger partial charge in [-0.1, -0.05) is 63.3 Å². The number of hydrogen-bond donors (Lipinski definition) is 1. The predicted octanol–water partition coefficient (Wildman–Crippen LogP) is 6.14. The lowest BCUT2D eigenvalue weighted by atomic mass is 10.1. The van der Waals surface area contributed by atoms with E-state index in [1.807, 2.05) is 6.08 Å². The molecule has 0 aromatic heterocycles. The zero-order valence-electron chi connectivity index (χ0n) is 15.4. The average molecular weight is 323 g/mol. The van der Waals surface area contributed by atoms with Gasteiger partial charge in [0.1, 0.15) is 5.78 Å². The molecule has 0 heterocycles. The number of ketones is 1. The molecule has 0 radical (unpaired) electrons. The fraction of sp³-hybridized carbons (Fsp3) is 0.762. The summed E-state index contributed by atoms with van der Waals surface area (Å²) >= 11 is 0. The fourth-order valence-electron chi connectivity index (χ4n) is 2.52. The van der Waals surface area contributed by atoms with Crippen LogP contribution in [0.15, 0.2) is 24.3 Å². The number of Topliss-reactive ketones (excluding diaryl/α,β-unsaturated/α-hetero) is 1. The molecule has 0 aliphatic heterocycles. The zero-order chi connectivity index (χ0) is 17.2. The van der Waals surface area contributed by atoms with Crippen molar-refractivity contribution < 1.29 is 9.90 Å². The minimum absolute atomic E-state index is 0.239. The molecule has 0 amide bonds. The van der Waals surface area contributed by atoms with E-state index in [4.69, 9.17) is 0 Å². The largest absolute Gasteiger partial charge is 0.389 e. The fourth-order valence-corrected chi connectivity index (χ4v) is 2.52. The minimum Gasteiger partial charge on any atom is -0.389 e. The molecule has 0 aromatic carbocycles. The maximum absolute atomic E-state index is 10.8.